The Labute approximate surface area is 125 Å². The maximum absolute atomic E-state index is 5.36. The van der Waals surface area contributed by atoms with Crippen molar-refractivity contribution in [1.82, 2.24) is 0 Å². The summed E-state index contributed by atoms with van der Waals surface area (Å²) in [6.45, 7) is 10.5. The van der Waals surface area contributed by atoms with Crippen LogP contribution in [0.5, 0.6) is 0 Å². The summed E-state index contributed by atoms with van der Waals surface area (Å²) in [6, 6.07) is 6.54. The van der Waals surface area contributed by atoms with Crippen LogP contribution in [0.1, 0.15) is 42.9 Å². The molecule has 1 unspecified atom stereocenters. The predicted molar refractivity (Wildman–Crippen MR) is 89.3 cm³/mol. The average Bonchev–Trinajstić information content (AvgIpc) is 2.35. The van der Waals surface area contributed by atoms with Gasteiger partial charge in [-0.25, -0.2) is 0 Å². The Morgan fingerprint density at radius 3 is 2.74 bits per heavy atom. The first kappa shape index (κ1) is 15.8. The topological polar surface area (TPSA) is 26.0 Å². The first-order valence-corrected chi connectivity index (χ1v) is 7.24. The van der Waals surface area contributed by atoms with Gasteiger partial charge in [-0.1, -0.05) is 64.8 Å². The van der Waals surface area contributed by atoms with Gasteiger partial charge in [0.2, 0.25) is 0 Å². The monoisotopic (exact) mass is 319 g/mol. The van der Waals surface area contributed by atoms with Gasteiger partial charge < -0.3 is 5.73 Å². The fraction of sp³-hybridized carbons (Fsp3) is 0.294. The maximum Gasteiger partial charge on any atom is 0.0178 e. The molecule has 0 bridgehead atoms. The molecule has 2 heteroatoms. The molecule has 0 amide bonds. The van der Waals surface area contributed by atoms with E-state index in [1.165, 1.54) is 22.3 Å². The SMILES string of the molecule is C=C(Br)c1cc(C)ccc1C(C)C/C(C)=C\C=C/N. The summed E-state index contributed by atoms with van der Waals surface area (Å²) >= 11 is 3.51. The van der Waals surface area contributed by atoms with E-state index in [1.54, 1.807) is 6.20 Å². The Morgan fingerprint density at radius 1 is 1.47 bits per heavy atom. The van der Waals surface area contributed by atoms with Crippen LogP contribution in [-0.2, 0) is 0 Å². The fourth-order valence-corrected chi connectivity index (χ4v) is 2.56. The van der Waals surface area contributed by atoms with Crippen LogP contribution in [0.15, 0.2) is 48.7 Å². The van der Waals surface area contributed by atoms with E-state index in [0.717, 1.165) is 10.9 Å². The van der Waals surface area contributed by atoms with Crippen molar-refractivity contribution >= 4 is 20.4 Å². The minimum absolute atomic E-state index is 0.451. The molecule has 1 rings (SSSR count). The molecule has 0 fully saturated rings. The number of benzene rings is 1. The van der Waals surface area contributed by atoms with E-state index in [4.69, 9.17) is 5.73 Å². The Hall–Kier alpha value is -1.28. The highest BCUT2D eigenvalue weighted by Crippen LogP contribution is 2.32. The third-order valence-electron chi connectivity index (χ3n) is 3.15. The molecule has 0 saturated carbocycles. The number of rotatable bonds is 5. The van der Waals surface area contributed by atoms with Crippen LogP contribution >= 0.6 is 15.9 Å². The number of hydrogen-bond acceptors (Lipinski definition) is 1. The molecule has 1 atom stereocenters. The molecule has 0 aliphatic heterocycles. The predicted octanol–water partition coefficient (Wildman–Crippen LogP) is 5.27. The molecule has 2 N–H and O–H groups in total. The molecule has 0 spiro atoms. The van der Waals surface area contributed by atoms with E-state index >= 15 is 0 Å². The first-order valence-electron chi connectivity index (χ1n) is 6.45. The summed E-state index contributed by atoms with van der Waals surface area (Å²) in [5.74, 6) is 0.451. The van der Waals surface area contributed by atoms with Gasteiger partial charge in [-0.05, 0) is 49.6 Å². The zero-order valence-electron chi connectivity index (χ0n) is 11.9. The third kappa shape index (κ3) is 4.71. The summed E-state index contributed by atoms with van der Waals surface area (Å²) in [5.41, 5.74) is 10.5. The normalized spacial score (nSPS) is 13.8. The van der Waals surface area contributed by atoms with Crippen LogP contribution in [0, 0.1) is 6.92 Å². The van der Waals surface area contributed by atoms with Crippen LogP contribution in [0.25, 0.3) is 4.48 Å². The molecular weight excluding hydrogens is 298 g/mol. The molecular formula is C17H22BrN. The molecule has 1 aromatic carbocycles. The van der Waals surface area contributed by atoms with Crippen molar-refractivity contribution in [2.45, 2.75) is 33.1 Å². The van der Waals surface area contributed by atoms with Crippen molar-refractivity contribution < 1.29 is 0 Å². The molecule has 0 aliphatic rings. The van der Waals surface area contributed by atoms with Crippen molar-refractivity contribution in [3.8, 4) is 0 Å². The Morgan fingerprint density at radius 2 is 2.16 bits per heavy atom. The third-order valence-corrected chi connectivity index (χ3v) is 3.58. The van der Waals surface area contributed by atoms with Gasteiger partial charge in [0.05, 0.1) is 0 Å². The highest BCUT2D eigenvalue weighted by molar-refractivity contribution is 9.15. The van der Waals surface area contributed by atoms with E-state index in [1.807, 2.05) is 6.08 Å². The lowest BCUT2D eigenvalue weighted by Crippen LogP contribution is -1.99. The zero-order valence-corrected chi connectivity index (χ0v) is 13.5. The van der Waals surface area contributed by atoms with Crippen LogP contribution in [0.3, 0.4) is 0 Å². The van der Waals surface area contributed by atoms with Gasteiger partial charge in [-0.15, -0.1) is 0 Å². The lowest BCUT2D eigenvalue weighted by molar-refractivity contribution is 0.749. The second kappa shape index (κ2) is 7.34. The van der Waals surface area contributed by atoms with Gasteiger partial charge >= 0.3 is 0 Å². The minimum atomic E-state index is 0.451. The van der Waals surface area contributed by atoms with Gasteiger partial charge in [-0.2, -0.15) is 0 Å². The Bertz CT molecular complexity index is 512. The molecule has 0 heterocycles. The molecule has 0 aromatic heterocycles. The lowest BCUT2D eigenvalue weighted by Gasteiger charge is -2.17. The van der Waals surface area contributed by atoms with Crippen molar-refractivity contribution in [2.24, 2.45) is 5.73 Å². The number of halogens is 1. The van der Waals surface area contributed by atoms with E-state index < -0.39 is 0 Å². The highest BCUT2D eigenvalue weighted by Gasteiger charge is 2.12. The molecule has 102 valence electrons. The van der Waals surface area contributed by atoms with Crippen molar-refractivity contribution in [3.63, 3.8) is 0 Å². The molecule has 1 nitrogen and oxygen atoms in total. The van der Waals surface area contributed by atoms with E-state index in [2.05, 4.69) is 67.6 Å². The van der Waals surface area contributed by atoms with Gasteiger partial charge in [0.25, 0.3) is 0 Å². The van der Waals surface area contributed by atoms with Crippen LogP contribution in [-0.4, -0.2) is 0 Å². The van der Waals surface area contributed by atoms with Crippen molar-refractivity contribution in [2.75, 3.05) is 0 Å². The summed E-state index contributed by atoms with van der Waals surface area (Å²) in [6.07, 6.45) is 6.52. The average molecular weight is 320 g/mol. The van der Waals surface area contributed by atoms with Gasteiger partial charge in [0, 0.05) is 4.48 Å². The molecule has 1 aromatic rings. The molecule has 0 saturated heterocycles. The zero-order chi connectivity index (χ0) is 14.4. The van der Waals surface area contributed by atoms with Gasteiger partial charge in [0.1, 0.15) is 0 Å². The first-order chi connectivity index (χ1) is 8.95. The minimum Gasteiger partial charge on any atom is -0.405 e. The molecule has 0 aliphatic carbocycles. The smallest absolute Gasteiger partial charge is 0.0178 e. The van der Waals surface area contributed by atoms with Crippen molar-refractivity contribution in [1.29, 1.82) is 0 Å². The van der Waals surface area contributed by atoms with Crippen LogP contribution in [0.2, 0.25) is 0 Å². The van der Waals surface area contributed by atoms with Crippen molar-refractivity contribution in [3.05, 3.63) is 65.4 Å². The summed E-state index contributed by atoms with van der Waals surface area (Å²) in [5, 5.41) is 0. The van der Waals surface area contributed by atoms with E-state index in [0.29, 0.717) is 5.92 Å². The summed E-state index contributed by atoms with van der Waals surface area (Å²) in [7, 11) is 0. The second-order valence-corrected chi connectivity index (χ2v) is 5.96. The fourth-order valence-electron chi connectivity index (χ4n) is 2.22. The Kier molecular flexibility index (Phi) is 6.10. The lowest BCUT2D eigenvalue weighted by atomic mass is 9.89. The number of nitrogens with two attached hydrogens (primary N) is 1. The number of hydrogen-bond donors (Lipinski definition) is 1. The maximum atomic E-state index is 5.36. The van der Waals surface area contributed by atoms with Gasteiger partial charge in [0.15, 0.2) is 0 Å². The standard InChI is InChI=1S/C17H22BrN/c1-12(6-5-9-19)10-14(3)16-8-7-13(2)11-17(16)15(4)18/h5-9,11,14H,4,10,19H2,1-3H3/b9-5-,12-6-. The highest BCUT2D eigenvalue weighted by atomic mass is 79.9. The summed E-state index contributed by atoms with van der Waals surface area (Å²) < 4.78 is 0.946. The summed E-state index contributed by atoms with van der Waals surface area (Å²) in [4.78, 5) is 0. The van der Waals surface area contributed by atoms with Crippen LogP contribution < -0.4 is 5.73 Å². The second-order valence-electron chi connectivity index (χ2n) is 5.00. The molecule has 0 radical (unpaired) electrons. The number of aryl methyl sites for hydroxylation is 1. The Balaban J connectivity index is 2.99. The largest absolute Gasteiger partial charge is 0.405 e. The number of allylic oxidation sites excluding steroid dienone is 3. The van der Waals surface area contributed by atoms with Crippen LogP contribution in [0.4, 0.5) is 0 Å². The van der Waals surface area contributed by atoms with Gasteiger partial charge in [-0.3, -0.25) is 0 Å². The van der Waals surface area contributed by atoms with E-state index in [-0.39, 0.29) is 0 Å². The molecule has 19 heavy (non-hydrogen) atoms. The van der Waals surface area contributed by atoms with E-state index in [9.17, 15) is 0 Å². The quantitative estimate of drug-likeness (QED) is 0.735.